The van der Waals surface area contributed by atoms with E-state index in [1.165, 1.54) is 0 Å². The number of methoxy groups -OCH3 is 4. The van der Waals surface area contributed by atoms with Gasteiger partial charge >= 0.3 is 0 Å². The first kappa shape index (κ1) is 22.5. The van der Waals surface area contributed by atoms with Crippen molar-refractivity contribution in [3.63, 3.8) is 0 Å². The Kier molecular flexibility index (Phi) is 6.70. The number of epoxide rings is 1. The minimum absolute atomic E-state index is 0.138. The van der Waals surface area contributed by atoms with E-state index in [0.29, 0.717) is 40.9 Å². The molecule has 1 fully saturated rings. The molecule has 3 aromatic carbocycles. The quantitative estimate of drug-likeness (QED) is 0.329. The molecule has 0 amide bonds. The zero-order chi connectivity index (χ0) is 23.4. The van der Waals surface area contributed by atoms with E-state index in [9.17, 15) is 4.79 Å². The maximum absolute atomic E-state index is 13.1. The molecule has 1 aliphatic rings. The summed E-state index contributed by atoms with van der Waals surface area (Å²) < 4.78 is 33.3. The standard InChI is InChI=1S/C26H26O7/c1-28-19-11-10-17(12-20(19)32-15-16-8-6-5-7-9-16)23(27)26-24(33-26)18-13-21(29-2)25(31-4)22(14-18)30-3/h5-14,24,26H,15H2,1-4H3. The normalized spacial score (nSPS) is 16.6. The van der Waals surface area contributed by atoms with Crippen LogP contribution in [0.3, 0.4) is 0 Å². The number of rotatable bonds is 10. The molecular formula is C26H26O7. The average Bonchev–Trinajstić information content (AvgIpc) is 3.67. The summed E-state index contributed by atoms with van der Waals surface area (Å²) >= 11 is 0. The van der Waals surface area contributed by atoms with E-state index in [4.69, 9.17) is 28.4 Å². The van der Waals surface area contributed by atoms with Gasteiger partial charge in [-0.15, -0.1) is 0 Å². The molecular weight excluding hydrogens is 424 g/mol. The Bertz CT molecular complexity index is 1100. The number of ketones is 1. The fourth-order valence-electron chi connectivity index (χ4n) is 3.67. The zero-order valence-corrected chi connectivity index (χ0v) is 19.0. The van der Waals surface area contributed by atoms with Crippen LogP contribution in [0.15, 0.2) is 60.7 Å². The predicted octanol–water partition coefficient (Wildman–Crippen LogP) is 4.62. The van der Waals surface area contributed by atoms with Crippen LogP contribution >= 0.6 is 0 Å². The lowest BCUT2D eigenvalue weighted by Gasteiger charge is -2.13. The highest BCUT2D eigenvalue weighted by atomic mass is 16.6. The van der Waals surface area contributed by atoms with Gasteiger partial charge in [0.05, 0.1) is 28.4 Å². The lowest BCUT2D eigenvalue weighted by atomic mass is 10.0. The summed E-state index contributed by atoms with van der Waals surface area (Å²) in [6.07, 6.45) is -1.01. The van der Waals surface area contributed by atoms with Crippen LogP contribution in [0.5, 0.6) is 28.7 Å². The molecule has 1 aliphatic heterocycles. The van der Waals surface area contributed by atoms with Crippen LogP contribution in [-0.4, -0.2) is 40.3 Å². The smallest absolute Gasteiger partial charge is 0.203 e. The number of carbonyl (C=O) groups is 1. The summed E-state index contributed by atoms with van der Waals surface area (Å²) in [6, 6.07) is 18.5. The Hall–Kier alpha value is -3.71. The van der Waals surface area contributed by atoms with Crippen molar-refractivity contribution in [2.45, 2.75) is 18.8 Å². The highest BCUT2D eigenvalue weighted by Crippen LogP contribution is 2.47. The highest BCUT2D eigenvalue weighted by molar-refractivity contribution is 6.02. The summed E-state index contributed by atoms with van der Waals surface area (Å²) in [6.45, 7) is 0.364. The molecule has 172 valence electrons. The van der Waals surface area contributed by atoms with Crippen LogP contribution in [-0.2, 0) is 11.3 Å². The van der Waals surface area contributed by atoms with Crippen LogP contribution in [0.2, 0.25) is 0 Å². The number of carbonyl (C=O) groups excluding carboxylic acids is 1. The molecule has 0 N–H and O–H groups in total. The van der Waals surface area contributed by atoms with Crippen LogP contribution in [0, 0.1) is 0 Å². The Morgan fingerprint density at radius 2 is 1.45 bits per heavy atom. The first-order valence-electron chi connectivity index (χ1n) is 10.4. The van der Waals surface area contributed by atoms with Gasteiger partial charge in [-0.2, -0.15) is 0 Å². The molecule has 0 aliphatic carbocycles. The highest BCUT2D eigenvalue weighted by Gasteiger charge is 2.47. The first-order valence-corrected chi connectivity index (χ1v) is 10.4. The van der Waals surface area contributed by atoms with Crippen molar-refractivity contribution in [3.8, 4) is 28.7 Å². The third-order valence-electron chi connectivity index (χ3n) is 5.45. The molecule has 1 saturated heterocycles. The zero-order valence-electron chi connectivity index (χ0n) is 19.0. The van der Waals surface area contributed by atoms with E-state index in [1.807, 2.05) is 30.3 Å². The van der Waals surface area contributed by atoms with Crippen LogP contribution in [0.4, 0.5) is 0 Å². The molecule has 2 unspecified atom stereocenters. The number of ether oxygens (including phenoxy) is 6. The monoisotopic (exact) mass is 450 g/mol. The maximum Gasteiger partial charge on any atom is 0.203 e. The van der Waals surface area contributed by atoms with E-state index in [-0.39, 0.29) is 5.78 Å². The van der Waals surface area contributed by atoms with E-state index in [0.717, 1.165) is 11.1 Å². The molecule has 7 heteroatoms. The van der Waals surface area contributed by atoms with Crippen molar-refractivity contribution in [3.05, 3.63) is 77.4 Å². The molecule has 1 heterocycles. The van der Waals surface area contributed by atoms with Crippen molar-refractivity contribution in [2.24, 2.45) is 0 Å². The summed E-state index contributed by atoms with van der Waals surface area (Å²) in [5.41, 5.74) is 2.28. The SMILES string of the molecule is COc1ccc(C(=O)C2OC2c2cc(OC)c(OC)c(OC)c2)cc1OCc1ccccc1. The number of benzene rings is 3. The van der Waals surface area contributed by atoms with Crippen LogP contribution in [0.25, 0.3) is 0 Å². The number of Topliss-reactive ketones (excluding diaryl/α,β-unsaturated/α-hetero) is 1. The Labute approximate surface area is 192 Å². The largest absolute Gasteiger partial charge is 0.493 e. The van der Waals surface area contributed by atoms with Crippen molar-refractivity contribution >= 4 is 5.78 Å². The second-order valence-electron chi connectivity index (χ2n) is 7.44. The molecule has 0 aromatic heterocycles. The molecule has 2 atom stereocenters. The number of hydrogen-bond donors (Lipinski definition) is 0. The molecule has 33 heavy (non-hydrogen) atoms. The second-order valence-corrected chi connectivity index (χ2v) is 7.44. The van der Waals surface area contributed by atoms with Crippen molar-refractivity contribution in [1.29, 1.82) is 0 Å². The summed E-state index contributed by atoms with van der Waals surface area (Å²) in [5.74, 6) is 2.42. The third-order valence-corrected chi connectivity index (χ3v) is 5.45. The van der Waals surface area contributed by atoms with Crippen molar-refractivity contribution in [2.75, 3.05) is 28.4 Å². The molecule has 0 radical (unpaired) electrons. The maximum atomic E-state index is 13.1. The summed E-state index contributed by atoms with van der Waals surface area (Å²) in [5, 5.41) is 0. The van der Waals surface area contributed by atoms with Crippen molar-refractivity contribution < 1.29 is 33.2 Å². The fourth-order valence-corrected chi connectivity index (χ4v) is 3.67. The molecule has 0 bridgehead atoms. The van der Waals surface area contributed by atoms with Gasteiger partial charge in [-0.25, -0.2) is 0 Å². The van der Waals surface area contributed by atoms with Gasteiger partial charge in [-0.3, -0.25) is 4.79 Å². The van der Waals surface area contributed by atoms with Crippen molar-refractivity contribution in [1.82, 2.24) is 0 Å². The molecule has 0 spiro atoms. The Morgan fingerprint density at radius 1 is 0.788 bits per heavy atom. The molecule has 3 aromatic rings. The minimum Gasteiger partial charge on any atom is -0.493 e. The van der Waals surface area contributed by atoms with Gasteiger partial charge in [0.1, 0.15) is 12.7 Å². The Morgan fingerprint density at radius 3 is 2.06 bits per heavy atom. The van der Waals surface area contributed by atoms with Gasteiger partial charge in [0, 0.05) is 5.56 Å². The van der Waals surface area contributed by atoms with Gasteiger partial charge in [0.15, 0.2) is 34.9 Å². The summed E-state index contributed by atoms with van der Waals surface area (Å²) in [4.78, 5) is 13.1. The van der Waals surface area contributed by atoms with Gasteiger partial charge in [-0.1, -0.05) is 30.3 Å². The fraction of sp³-hybridized carbons (Fsp3) is 0.269. The topological polar surface area (TPSA) is 75.8 Å². The van der Waals surface area contributed by atoms with Gasteiger partial charge in [0.2, 0.25) is 5.75 Å². The molecule has 4 rings (SSSR count). The number of hydrogen-bond acceptors (Lipinski definition) is 7. The lowest BCUT2D eigenvalue weighted by Crippen LogP contribution is -2.09. The lowest BCUT2D eigenvalue weighted by molar-refractivity contribution is 0.0953. The molecule has 0 saturated carbocycles. The minimum atomic E-state index is -0.608. The Balaban J connectivity index is 1.52. The summed E-state index contributed by atoms with van der Waals surface area (Å²) in [7, 11) is 6.20. The van der Waals surface area contributed by atoms with Gasteiger partial charge in [-0.05, 0) is 41.5 Å². The van der Waals surface area contributed by atoms with E-state index in [1.54, 1.807) is 58.8 Å². The van der Waals surface area contributed by atoms with E-state index < -0.39 is 12.2 Å². The average molecular weight is 450 g/mol. The van der Waals surface area contributed by atoms with Crippen LogP contribution in [0.1, 0.15) is 27.6 Å². The molecule has 7 nitrogen and oxygen atoms in total. The van der Waals surface area contributed by atoms with E-state index in [2.05, 4.69) is 0 Å². The van der Waals surface area contributed by atoms with Gasteiger partial charge in [0.25, 0.3) is 0 Å². The first-order chi connectivity index (χ1) is 16.1. The third kappa shape index (κ3) is 4.73. The van der Waals surface area contributed by atoms with E-state index >= 15 is 0 Å². The predicted molar refractivity (Wildman–Crippen MR) is 122 cm³/mol. The van der Waals surface area contributed by atoms with Gasteiger partial charge < -0.3 is 28.4 Å². The van der Waals surface area contributed by atoms with Crippen LogP contribution < -0.4 is 23.7 Å². The second kappa shape index (κ2) is 9.83.